The maximum Gasteiger partial charge on any atom is 0.343 e. The number of hydrogen-bond donors (Lipinski definition) is 2. The van der Waals surface area contributed by atoms with Crippen LogP contribution in [0.2, 0.25) is 5.02 Å². The van der Waals surface area contributed by atoms with Crippen LogP contribution in [0.3, 0.4) is 0 Å². The van der Waals surface area contributed by atoms with E-state index in [9.17, 15) is 9.59 Å². The second-order valence-corrected chi connectivity index (χ2v) is 5.92. The van der Waals surface area contributed by atoms with Gasteiger partial charge in [-0.05, 0) is 37.5 Å². The topological polar surface area (TPSA) is 80.3 Å². The number of ether oxygens (including phenoxy) is 1. The van der Waals surface area contributed by atoms with E-state index in [0.29, 0.717) is 27.0 Å². The van der Waals surface area contributed by atoms with Gasteiger partial charge in [-0.25, -0.2) is 4.79 Å². The molecular formula is C15H16ClN3O3S. The molecule has 0 radical (unpaired) electrons. The second kappa shape index (κ2) is 7.43. The van der Waals surface area contributed by atoms with E-state index in [1.165, 1.54) is 6.92 Å². The molecule has 122 valence electrons. The van der Waals surface area contributed by atoms with E-state index in [1.54, 1.807) is 38.2 Å². The molecule has 0 bridgehead atoms. The summed E-state index contributed by atoms with van der Waals surface area (Å²) in [6, 6.07) is 6.83. The number of aryl methyl sites for hydroxylation is 1. The Kier molecular flexibility index (Phi) is 5.57. The third-order valence-corrected chi connectivity index (χ3v) is 4.36. The van der Waals surface area contributed by atoms with Crippen LogP contribution in [0.25, 0.3) is 0 Å². The molecule has 0 saturated carbocycles. The molecule has 1 aromatic heterocycles. The summed E-state index contributed by atoms with van der Waals surface area (Å²) >= 11 is 7.15. The van der Waals surface area contributed by atoms with Gasteiger partial charge in [-0.2, -0.15) is 4.37 Å². The Hall–Kier alpha value is -2.12. The first-order valence-corrected chi connectivity index (χ1v) is 7.99. The zero-order valence-electron chi connectivity index (χ0n) is 12.8. The Labute approximate surface area is 143 Å². The Morgan fingerprint density at radius 2 is 2.04 bits per heavy atom. The maximum atomic E-state index is 12.2. The lowest BCUT2D eigenvalue weighted by atomic mass is 10.2. The standard InChI is InChI=1S/C15H16ClN3O3S/c1-8-12(14(17-3)23-19-8)15(21)22-9(2)13(20)18-11-7-5-4-6-10(11)16/h4-7,9,17H,1-3H3,(H,18,20). The van der Waals surface area contributed by atoms with Gasteiger partial charge in [0.1, 0.15) is 10.6 Å². The first kappa shape index (κ1) is 17.2. The number of nitrogens with one attached hydrogen (secondary N) is 2. The molecule has 1 heterocycles. The van der Waals surface area contributed by atoms with Crippen molar-refractivity contribution in [2.75, 3.05) is 17.7 Å². The number of anilines is 2. The highest BCUT2D eigenvalue weighted by Crippen LogP contribution is 2.25. The number of halogens is 1. The number of carbonyl (C=O) groups is 2. The Morgan fingerprint density at radius 1 is 1.35 bits per heavy atom. The summed E-state index contributed by atoms with van der Waals surface area (Å²) in [5, 5.41) is 6.53. The van der Waals surface area contributed by atoms with Crippen LogP contribution in [0.4, 0.5) is 10.7 Å². The van der Waals surface area contributed by atoms with Crippen LogP contribution in [0.5, 0.6) is 0 Å². The summed E-state index contributed by atoms with van der Waals surface area (Å²) < 4.78 is 9.32. The van der Waals surface area contributed by atoms with E-state index in [4.69, 9.17) is 16.3 Å². The Morgan fingerprint density at radius 3 is 2.70 bits per heavy atom. The van der Waals surface area contributed by atoms with Crippen LogP contribution in [-0.2, 0) is 9.53 Å². The van der Waals surface area contributed by atoms with Gasteiger partial charge in [0.05, 0.1) is 16.4 Å². The van der Waals surface area contributed by atoms with Crippen molar-refractivity contribution in [3.63, 3.8) is 0 Å². The number of esters is 1. The van der Waals surface area contributed by atoms with Crippen LogP contribution < -0.4 is 10.6 Å². The summed E-state index contributed by atoms with van der Waals surface area (Å²) in [5.74, 6) is -1.05. The number of carbonyl (C=O) groups excluding carboxylic acids is 2. The van der Waals surface area contributed by atoms with E-state index in [-0.39, 0.29) is 0 Å². The van der Waals surface area contributed by atoms with Crippen LogP contribution in [-0.4, -0.2) is 29.4 Å². The van der Waals surface area contributed by atoms with Crippen molar-refractivity contribution in [3.05, 3.63) is 40.5 Å². The maximum absolute atomic E-state index is 12.2. The number of hydrogen-bond acceptors (Lipinski definition) is 6. The quantitative estimate of drug-likeness (QED) is 0.806. The van der Waals surface area contributed by atoms with E-state index in [0.717, 1.165) is 11.5 Å². The second-order valence-electron chi connectivity index (χ2n) is 4.74. The molecule has 2 N–H and O–H groups in total. The number of para-hydroxylation sites is 1. The molecule has 0 aliphatic carbocycles. The lowest BCUT2D eigenvalue weighted by Crippen LogP contribution is -2.30. The van der Waals surface area contributed by atoms with Crippen LogP contribution in [0, 0.1) is 6.92 Å². The van der Waals surface area contributed by atoms with E-state index < -0.39 is 18.0 Å². The average molecular weight is 354 g/mol. The Bertz CT molecular complexity index is 733. The average Bonchev–Trinajstić information content (AvgIpc) is 2.90. The van der Waals surface area contributed by atoms with Crippen molar-refractivity contribution in [1.82, 2.24) is 4.37 Å². The van der Waals surface area contributed by atoms with Gasteiger partial charge in [-0.3, -0.25) is 4.79 Å². The number of rotatable bonds is 5. The van der Waals surface area contributed by atoms with Gasteiger partial charge in [0.2, 0.25) is 0 Å². The van der Waals surface area contributed by atoms with Gasteiger partial charge in [-0.15, -0.1) is 0 Å². The van der Waals surface area contributed by atoms with Gasteiger partial charge in [0, 0.05) is 7.05 Å². The van der Waals surface area contributed by atoms with E-state index in [2.05, 4.69) is 15.0 Å². The van der Waals surface area contributed by atoms with Crippen molar-refractivity contribution in [2.24, 2.45) is 0 Å². The molecule has 23 heavy (non-hydrogen) atoms. The third-order valence-electron chi connectivity index (χ3n) is 3.08. The van der Waals surface area contributed by atoms with Gasteiger partial charge in [-0.1, -0.05) is 23.7 Å². The molecule has 1 amide bonds. The van der Waals surface area contributed by atoms with Crippen molar-refractivity contribution in [2.45, 2.75) is 20.0 Å². The normalized spacial score (nSPS) is 11.7. The van der Waals surface area contributed by atoms with Gasteiger partial charge < -0.3 is 15.4 Å². The minimum absolute atomic E-state index is 0.342. The summed E-state index contributed by atoms with van der Waals surface area (Å²) in [5.41, 5.74) is 1.37. The minimum atomic E-state index is -0.970. The molecule has 1 aromatic carbocycles. The summed E-state index contributed by atoms with van der Waals surface area (Å²) in [6.07, 6.45) is -0.970. The minimum Gasteiger partial charge on any atom is -0.449 e. The van der Waals surface area contributed by atoms with E-state index >= 15 is 0 Å². The van der Waals surface area contributed by atoms with Crippen LogP contribution in [0.15, 0.2) is 24.3 Å². The Balaban J connectivity index is 2.05. The predicted molar refractivity (Wildman–Crippen MR) is 91.4 cm³/mol. The van der Waals surface area contributed by atoms with Gasteiger partial charge in [0.25, 0.3) is 5.91 Å². The number of nitrogens with zero attached hydrogens (tertiary/aromatic N) is 1. The molecule has 2 rings (SSSR count). The smallest absolute Gasteiger partial charge is 0.343 e. The lowest BCUT2D eigenvalue weighted by Gasteiger charge is -2.14. The summed E-state index contributed by atoms with van der Waals surface area (Å²) in [4.78, 5) is 24.4. The van der Waals surface area contributed by atoms with Crippen molar-refractivity contribution < 1.29 is 14.3 Å². The highest BCUT2D eigenvalue weighted by molar-refractivity contribution is 7.10. The van der Waals surface area contributed by atoms with Gasteiger partial charge in [0.15, 0.2) is 6.10 Å². The molecule has 0 aliphatic heterocycles. The van der Waals surface area contributed by atoms with Crippen molar-refractivity contribution >= 4 is 45.7 Å². The van der Waals surface area contributed by atoms with Crippen molar-refractivity contribution in [1.29, 1.82) is 0 Å². The SMILES string of the molecule is CNc1snc(C)c1C(=O)OC(C)C(=O)Nc1ccccc1Cl. The van der Waals surface area contributed by atoms with Crippen LogP contribution in [0.1, 0.15) is 23.0 Å². The molecule has 8 heteroatoms. The molecule has 0 aliphatic rings. The predicted octanol–water partition coefficient (Wildman–Crippen LogP) is 3.33. The zero-order valence-corrected chi connectivity index (χ0v) is 14.4. The summed E-state index contributed by atoms with van der Waals surface area (Å²) in [7, 11) is 1.69. The molecule has 1 atom stereocenters. The largest absolute Gasteiger partial charge is 0.449 e. The fourth-order valence-electron chi connectivity index (χ4n) is 1.85. The molecule has 1 unspecified atom stereocenters. The highest BCUT2D eigenvalue weighted by atomic mass is 35.5. The fraction of sp³-hybridized carbons (Fsp3) is 0.267. The molecule has 6 nitrogen and oxygen atoms in total. The van der Waals surface area contributed by atoms with Crippen LogP contribution >= 0.6 is 23.1 Å². The summed E-state index contributed by atoms with van der Waals surface area (Å²) in [6.45, 7) is 3.21. The first-order valence-electron chi connectivity index (χ1n) is 6.84. The van der Waals surface area contributed by atoms with Gasteiger partial charge >= 0.3 is 5.97 Å². The zero-order chi connectivity index (χ0) is 17.0. The third kappa shape index (κ3) is 4.00. The lowest BCUT2D eigenvalue weighted by molar-refractivity contribution is -0.123. The van der Waals surface area contributed by atoms with E-state index in [1.807, 2.05) is 0 Å². The molecule has 0 saturated heterocycles. The number of aromatic nitrogens is 1. The monoisotopic (exact) mass is 353 g/mol. The molecule has 2 aromatic rings. The number of amides is 1. The fourth-order valence-corrected chi connectivity index (χ4v) is 2.77. The highest BCUT2D eigenvalue weighted by Gasteiger charge is 2.24. The number of benzene rings is 1. The molecule has 0 fully saturated rings. The van der Waals surface area contributed by atoms with Crippen molar-refractivity contribution in [3.8, 4) is 0 Å². The first-order chi connectivity index (χ1) is 10.9. The molecule has 0 spiro atoms. The molecular weight excluding hydrogens is 338 g/mol.